The fourth-order valence-corrected chi connectivity index (χ4v) is 3.13. The molecule has 0 unspecified atom stereocenters. The summed E-state index contributed by atoms with van der Waals surface area (Å²) in [6, 6.07) is 9.00. The molecule has 3 rings (SSSR count). The van der Waals surface area contributed by atoms with Gasteiger partial charge in [0.05, 0.1) is 19.9 Å². The molecule has 0 radical (unpaired) electrons. The maximum absolute atomic E-state index is 12.4. The quantitative estimate of drug-likeness (QED) is 0.667. The number of para-hydroxylation sites is 1. The molecule has 1 amide bonds. The van der Waals surface area contributed by atoms with Crippen LogP contribution in [0.3, 0.4) is 0 Å². The van der Waals surface area contributed by atoms with Crippen LogP contribution < -0.4 is 10.1 Å². The Morgan fingerprint density at radius 1 is 1.23 bits per heavy atom. The van der Waals surface area contributed by atoms with Gasteiger partial charge >= 0.3 is 5.97 Å². The summed E-state index contributed by atoms with van der Waals surface area (Å²) in [5, 5.41) is 9.82. The van der Waals surface area contributed by atoms with Gasteiger partial charge in [0.1, 0.15) is 11.4 Å². The minimum atomic E-state index is -0.542. The van der Waals surface area contributed by atoms with E-state index < -0.39 is 11.9 Å². The van der Waals surface area contributed by atoms with Crippen molar-refractivity contribution in [2.45, 2.75) is 6.92 Å². The van der Waals surface area contributed by atoms with Crippen LogP contribution in [0.25, 0.3) is 11.3 Å². The average molecular weight is 372 g/mol. The molecule has 8 nitrogen and oxygen atoms in total. The summed E-state index contributed by atoms with van der Waals surface area (Å²) in [6.07, 6.45) is 0. The molecule has 0 aliphatic heterocycles. The van der Waals surface area contributed by atoms with Gasteiger partial charge in [-0.3, -0.25) is 15.2 Å². The number of hydrogen-bond donors (Lipinski definition) is 2. The van der Waals surface area contributed by atoms with E-state index in [1.54, 1.807) is 20.1 Å². The minimum absolute atomic E-state index is 0.187. The average Bonchev–Trinajstić information content (AvgIpc) is 3.28. The normalized spacial score (nSPS) is 10.4. The Bertz CT molecular complexity index is 963. The van der Waals surface area contributed by atoms with Gasteiger partial charge in [-0.15, -0.1) is 11.3 Å². The van der Waals surface area contributed by atoms with Crippen molar-refractivity contribution in [3.8, 4) is 17.0 Å². The fourth-order valence-electron chi connectivity index (χ4n) is 2.33. The number of carbonyl (C=O) groups excluding carboxylic acids is 2. The largest absolute Gasteiger partial charge is 0.496 e. The van der Waals surface area contributed by atoms with E-state index in [1.165, 1.54) is 18.4 Å². The van der Waals surface area contributed by atoms with Crippen molar-refractivity contribution in [3.63, 3.8) is 0 Å². The molecular formula is C17H16N4O4S. The van der Waals surface area contributed by atoms with Crippen LogP contribution in [0, 0.1) is 6.92 Å². The molecule has 0 saturated heterocycles. The van der Waals surface area contributed by atoms with Gasteiger partial charge < -0.3 is 9.47 Å². The third-order valence-corrected chi connectivity index (χ3v) is 4.49. The molecular weight excluding hydrogens is 356 g/mol. The van der Waals surface area contributed by atoms with Crippen LogP contribution in [-0.4, -0.2) is 41.3 Å². The highest BCUT2D eigenvalue weighted by molar-refractivity contribution is 7.16. The number of esters is 1. The van der Waals surface area contributed by atoms with Crippen molar-refractivity contribution in [2.24, 2.45) is 0 Å². The first-order valence-corrected chi connectivity index (χ1v) is 8.41. The first-order valence-electron chi connectivity index (χ1n) is 7.59. The molecule has 9 heteroatoms. The number of thiazole rings is 1. The van der Waals surface area contributed by atoms with Crippen LogP contribution in [0.4, 0.5) is 5.13 Å². The smallest absolute Gasteiger partial charge is 0.357 e. The van der Waals surface area contributed by atoms with Gasteiger partial charge in [0.2, 0.25) is 0 Å². The summed E-state index contributed by atoms with van der Waals surface area (Å²) in [7, 11) is 2.85. The van der Waals surface area contributed by atoms with Gasteiger partial charge in [-0.2, -0.15) is 5.10 Å². The van der Waals surface area contributed by atoms with E-state index in [1.807, 2.05) is 24.3 Å². The Labute approximate surface area is 153 Å². The zero-order chi connectivity index (χ0) is 18.7. The Morgan fingerprint density at radius 2 is 2.00 bits per heavy atom. The Morgan fingerprint density at radius 3 is 2.73 bits per heavy atom. The molecule has 26 heavy (non-hydrogen) atoms. The number of benzene rings is 1. The molecule has 1 aromatic carbocycles. The van der Waals surface area contributed by atoms with E-state index in [4.69, 9.17) is 4.74 Å². The lowest BCUT2D eigenvalue weighted by atomic mass is 10.1. The summed E-state index contributed by atoms with van der Waals surface area (Å²) in [6.45, 7) is 1.73. The number of methoxy groups -OCH3 is 2. The highest BCUT2D eigenvalue weighted by Gasteiger charge is 2.19. The van der Waals surface area contributed by atoms with Crippen molar-refractivity contribution in [1.29, 1.82) is 0 Å². The summed E-state index contributed by atoms with van der Waals surface area (Å²) < 4.78 is 9.97. The summed E-state index contributed by atoms with van der Waals surface area (Å²) in [5.41, 5.74) is 1.80. The van der Waals surface area contributed by atoms with Gasteiger partial charge in [0, 0.05) is 10.4 Å². The number of H-pyrrole nitrogens is 1. The lowest BCUT2D eigenvalue weighted by Gasteiger charge is -2.04. The van der Waals surface area contributed by atoms with Gasteiger partial charge in [0.15, 0.2) is 10.8 Å². The van der Waals surface area contributed by atoms with E-state index in [0.29, 0.717) is 21.5 Å². The second-order valence-corrected chi connectivity index (χ2v) is 6.44. The highest BCUT2D eigenvalue weighted by atomic mass is 32.1. The Hall–Kier alpha value is -3.20. The number of aryl methyl sites for hydroxylation is 1. The zero-order valence-electron chi connectivity index (χ0n) is 14.3. The molecule has 0 saturated carbocycles. The van der Waals surface area contributed by atoms with Crippen molar-refractivity contribution in [1.82, 2.24) is 15.2 Å². The topological polar surface area (TPSA) is 106 Å². The van der Waals surface area contributed by atoms with Crippen LogP contribution in [0.15, 0.2) is 30.3 Å². The second kappa shape index (κ2) is 7.36. The molecule has 2 aromatic heterocycles. The highest BCUT2D eigenvalue weighted by Crippen LogP contribution is 2.28. The van der Waals surface area contributed by atoms with Gasteiger partial charge in [-0.1, -0.05) is 12.1 Å². The molecule has 0 aliphatic carbocycles. The van der Waals surface area contributed by atoms with Gasteiger partial charge in [-0.25, -0.2) is 9.78 Å². The monoisotopic (exact) mass is 372 g/mol. The second-order valence-electron chi connectivity index (χ2n) is 5.24. The molecule has 134 valence electrons. The number of rotatable bonds is 5. The number of hydrogen-bond acceptors (Lipinski definition) is 7. The number of carbonyl (C=O) groups is 2. The van der Waals surface area contributed by atoms with E-state index in [0.717, 1.165) is 5.56 Å². The standard InChI is InChI=1S/C17H16N4O4S/c1-9-14(16(23)25-3)18-17(26-9)19-15(22)12-8-11(20-21-12)10-6-4-5-7-13(10)24-2/h4-8H,1-3H3,(H,20,21)(H,18,19,22). The van der Waals surface area contributed by atoms with Crippen LogP contribution in [0.1, 0.15) is 25.9 Å². The number of amides is 1. The predicted octanol–water partition coefficient (Wildman–Crippen LogP) is 2.89. The number of anilines is 1. The third kappa shape index (κ3) is 3.42. The molecule has 2 heterocycles. The molecule has 0 spiro atoms. The van der Waals surface area contributed by atoms with E-state index >= 15 is 0 Å². The van der Waals surface area contributed by atoms with Crippen molar-refractivity contribution >= 4 is 28.3 Å². The molecule has 0 bridgehead atoms. The lowest BCUT2D eigenvalue weighted by Crippen LogP contribution is -2.12. The van der Waals surface area contributed by atoms with Crippen LogP contribution in [0.5, 0.6) is 5.75 Å². The summed E-state index contributed by atoms with van der Waals surface area (Å²) in [5.74, 6) is -0.299. The maximum atomic E-state index is 12.4. The molecule has 0 aliphatic rings. The van der Waals surface area contributed by atoms with Gasteiger partial charge in [-0.05, 0) is 25.1 Å². The zero-order valence-corrected chi connectivity index (χ0v) is 15.1. The lowest BCUT2D eigenvalue weighted by molar-refractivity contribution is 0.0594. The summed E-state index contributed by atoms with van der Waals surface area (Å²) in [4.78, 5) is 28.8. The van der Waals surface area contributed by atoms with Crippen LogP contribution in [-0.2, 0) is 4.74 Å². The molecule has 0 fully saturated rings. The van der Waals surface area contributed by atoms with Crippen molar-refractivity contribution < 1.29 is 19.1 Å². The first kappa shape index (κ1) is 17.6. The third-order valence-electron chi connectivity index (χ3n) is 3.60. The molecule has 0 atom stereocenters. The predicted molar refractivity (Wildman–Crippen MR) is 96.7 cm³/mol. The van der Waals surface area contributed by atoms with E-state index in [-0.39, 0.29) is 11.4 Å². The van der Waals surface area contributed by atoms with Crippen LogP contribution >= 0.6 is 11.3 Å². The number of ether oxygens (including phenoxy) is 2. The van der Waals surface area contributed by atoms with E-state index in [9.17, 15) is 9.59 Å². The van der Waals surface area contributed by atoms with E-state index in [2.05, 4.69) is 25.2 Å². The molecule has 3 aromatic rings. The van der Waals surface area contributed by atoms with Crippen LogP contribution in [0.2, 0.25) is 0 Å². The van der Waals surface area contributed by atoms with Crippen molar-refractivity contribution in [2.75, 3.05) is 19.5 Å². The Kier molecular flexibility index (Phi) is 4.99. The SMILES string of the molecule is COC(=O)c1nc(NC(=O)c2cc(-c3ccccc3OC)n[nH]2)sc1C. The number of aromatic amines is 1. The Balaban J connectivity index is 1.80. The number of aromatic nitrogens is 3. The minimum Gasteiger partial charge on any atom is -0.496 e. The fraction of sp³-hybridized carbons (Fsp3) is 0.176. The van der Waals surface area contributed by atoms with Crippen molar-refractivity contribution in [3.05, 3.63) is 46.6 Å². The number of nitrogens with zero attached hydrogens (tertiary/aromatic N) is 2. The molecule has 2 N–H and O–H groups in total. The first-order chi connectivity index (χ1) is 12.5. The summed E-state index contributed by atoms with van der Waals surface area (Å²) >= 11 is 1.19. The van der Waals surface area contributed by atoms with Gasteiger partial charge in [0.25, 0.3) is 5.91 Å². The number of nitrogens with one attached hydrogen (secondary N) is 2. The maximum Gasteiger partial charge on any atom is 0.357 e.